The minimum atomic E-state index is -1.35. The number of hydrogen-bond acceptors (Lipinski definition) is 5. The zero-order valence-corrected chi connectivity index (χ0v) is 20.0. The lowest BCUT2D eigenvalue weighted by molar-refractivity contribution is -0.141. The molecule has 4 unspecified atom stereocenters. The highest BCUT2D eigenvalue weighted by Crippen LogP contribution is 2.88. The fourth-order valence-corrected chi connectivity index (χ4v) is 7.16. The molecule has 0 radical (unpaired) electrons. The van der Waals surface area contributed by atoms with Crippen LogP contribution in [-0.2, 0) is 14.4 Å². The van der Waals surface area contributed by atoms with Crippen molar-refractivity contribution in [3.8, 4) is 0 Å². The van der Waals surface area contributed by atoms with Crippen molar-refractivity contribution >= 4 is 17.7 Å². The fourth-order valence-electron chi connectivity index (χ4n) is 7.16. The Balaban J connectivity index is 1.54. The molecule has 3 aliphatic carbocycles. The third-order valence-electron chi connectivity index (χ3n) is 9.56. The summed E-state index contributed by atoms with van der Waals surface area (Å²) < 4.78 is 0. The predicted octanol–water partition coefficient (Wildman–Crippen LogP) is 1.06. The van der Waals surface area contributed by atoms with E-state index in [9.17, 15) is 19.5 Å². The molecule has 0 bridgehead atoms. The third kappa shape index (κ3) is 3.20. The van der Waals surface area contributed by atoms with Gasteiger partial charge in [-0.2, -0.15) is 0 Å². The van der Waals surface area contributed by atoms with Crippen molar-refractivity contribution in [2.45, 2.75) is 103 Å². The van der Waals surface area contributed by atoms with Crippen LogP contribution < -0.4 is 16.4 Å². The van der Waals surface area contributed by atoms with Crippen LogP contribution in [0.25, 0.3) is 0 Å². The van der Waals surface area contributed by atoms with E-state index in [4.69, 9.17) is 5.73 Å². The molecule has 2 spiro atoms. The van der Waals surface area contributed by atoms with Crippen molar-refractivity contribution in [2.24, 2.45) is 22.0 Å². The summed E-state index contributed by atoms with van der Waals surface area (Å²) in [4.78, 5) is 40.6. The Morgan fingerprint density at radius 3 is 2.34 bits per heavy atom. The van der Waals surface area contributed by atoms with Gasteiger partial charge in [0.15, 0.2) is 6.10 Å². The zero-order valence-electron chi connectivity index (χ0n) is 20.0. The Labute approximate surface area is 191 Å². The van der Waals surface area contributed by atoms with E-state index in [0.717, 1.165) is 25.7 Å². The number of carbonyl (C=O) groups excluding carboxylic acids is 3. The Morgan fingerprint density at radius 1 is 1.22 bits per heavy atom. The van der Waals surface area contributed by atoms with Gasteiger partial charge < -0.3 is 26.4 Å². The predicted molar refractivity (Wildman–Crippen MR) is 120 cm³/mol. The number of fused-ring (bicyclic) bond motifs is 1. The number of rotatable bonds is 8. The molecule has 3 saturated carbocycles. The van der Waals surface area contributed by atoms with Crippen molar-refractivity contribution in [2.75, 3.05) is 13.1 Å². The van der Waals surface area contributed by atoms with E-state index in [1.165, 1.54) is 6.42 Å². The van der Waals surface area contributed by atoms with Gasteiger partial charge in [0.1, 0.15) is 6.04 Å². The number of carbonyl (C=O) groups is 3. The average Bonchev–Trinajstić information content (AvgIpc) is 3.52. The summed E-state index contributed by atoms with van der Waals surface area (Å²) in [6, 6.07) is -0.498. The number of amides is 3. The molecular formula is C24H40N4O4. The van der Waals surface area contributed by atoms with Crippen LogP contribution >= 0.6 is 0 Å². The van der Waals surface area contributed by atoms with Crippen LogP contribution in [0.4, 0.5) is 0 Å². The maximum Gasteiger partial charge on any atom is 0.251 e. The lowest BCUT2D eigenvalue weighted by Crippen LogP contribution is -2.62. The molecule has 3 amide bonds. The molecule has 5 N–H and O–H groups in total. The largest absolute Gasteiger partial charge is 0.381 e. The Hall–Kier alpha value is -1.67. The van der Waals surface area contributed by atoms with Gasteiger partial charge in [-0.3, -0.25) is 14.4 Å². The summed E-state index contributed by atoms with van der Waals surface area (Å²) in [5.41, 5.74) is 4.82. The maximum atomic E-state index is 13.6. The molecule has 1 heterocycles. The molecule has 1 aliphatic heterocycles. The van der Waals surface area contributed by atoms with Crippen LogP contribution in [0, 0.1) is 16.2 Å². The normalized spacial score (nSPS) is 32.2. The molecule has 4 aliphatic rings. The molecule has 4 rings (SSSR count). The molecule has 180 valence electrons. The van der Waals surface area contributed by atoms with E-state index in [-0.39, 0.29) is 40.6 Å². The number of likely N-dealkylation sites (tertiary alicyclic amines) is 1. The smallest absolute Gasteiger partial charge is 0.251 e. The van der Waals surface area contributed by atoms with Crippen molar-refractivity contribution in [3.63, 3.8) is 0 Å². The Morgan fingerprint density at radius 2 is 1.88 bits per heavy atom. The van der Waals surface area contributed by atoms with Gasteiger partial charge in [0, 0.05) is 18.0 Å². The van der Waals surface area contributed by atoms with Gasteiger partial charge in [0.25, 0.3) is 5.91 Å². The molecule has 0 aromatic carbocycles. The van der Waals surface area contributed by atoms with Gasteiger partial charge in [-0.25, -0.2) is 0 Å². The summed E-state index contributed by atoms with van der Waals surface area (Å²) >= 11 is 0. The van der Waals surface area contributed by atoms with E-state index in [1.807, 2.05) is 6.92 Å². The quantitative estimate of drug-likeness (QED) is 0.442. The Bertz CT molecular complexity index is 806. The van der Waals surface area contributed by atoms with Gasteiger partial charge in [0.05, 0.1) is 12.1 Å². The van der Waals surface area contributed by atoms with Gasteiger partial charge in [0.2, 0.25) is 11.8 Å². The van der Waals surface area contributed by atoms with Gasteiger partial charge in [-0.1, -0.05) is 33.6 Å². The molecule has 0 aromatic rings. The molecule has 0 aromatic heterocycles. The van der Waals surface area contributed by atoms with Crippen LogP contribution in [0.15, 0.2) is 0 Å². The number of hydrogen-bond donors (Lipinski definition) is 4. The number of nitrogens with zero attached hydrogens (tertiary/aromatic N) is 1. The van der Waals surface area contributed by atoms with Crippen molar-refractivity contribution in [1.82, 2.24) is 15.5 Å². The SMILES string of the molecule is CCCC(C)(NC(=O)C1CC2(CN1C(=O)CN)C(C)(C)C21CCC1)C(O)C(=O)NC1CC1. The monoisotopic (exact) mass is 448 g/mol. The topological polar surface area (TPSA) is 125 Å². The van der Waals surface area contributed by atoms with Crippen LogP contribution in [0.1, 0.15) is 79.1 Å². The minimum absolute atomic E-state index is 0.0613. The number of nitrogens with two attached hydrogens (primary N) is 1. The third-order valence-corrected chi connectivity index (χ3v) is 9.56. The van der Waals surface area contributed by atoms with Crippen LogP contribution in [-0.4, -0.2) is 64.5 Å². The lowest BCUT2D eigenvalue weighted by Gasteiger charge is -2.36. The number of aliphatic hydroxyl groups excluding tert-OH is 1. The minimum Gasteiger partial charge on any atom is -0.381 e. The van der Waals surface area contributed by atoms with E-state index < -0.39 is 23.6 Å². The summed E-state index contributed by atoms with van der Waals surface area (Å²) in [5.74, 6) is -0.961. The van der Waals surface area contributed by atoms with E-state index in [1.54, 1.807) is 11.8 Å². The highest BCUT2D eigenvalue weighted by molar-refractivity contribution is 5.91. The molecule has 8 heteroatoms. The van der Waals surface area contributed by atoms with Gasteiger partial charge in [-0.05, 0) is 56.3 Å². The second-order valence-corrected chi connectivity index (χ2v) is 11.4. The second kappa shape index (κ2) is 7.69. The van der Waals surface area contributed by atoms with E-state index >= 15 is 0 Å². The summed E-state index contributed by atoms with van der Waals surface area (Å²) in [5, 5.41) is 16.7. The number of aliphatic hydroxyl groups is 1. The highest BCUT2D eigenvalue weighted by atomic mass is 16.3. The zero-order chi connectivity index (χ0) is 23.5. The first-order valence-electron chi connectivity index (χ1n) is 12.3. The van der Waals surface area contributed by atoms with E-state index in [2.05, 4.69) is 24.5 Å². The molecular weight excluding hydrogens is 408 g/mol. The maximum absolute atomic E-state index is 13.6. The second-order valence-electron chi connectivity index (χ2n) is 11.4. The first-order chi connectivity index (χ1) is 15.0. The van der Waals surface area contributed by atoms with Crippen LogP contribution in [0.3, 0.4) is 0 Å². The molecule has 8 nitrogen and oxygen atoms in total. The highest BCUT2D eigenvalue weighted by Gasteiger charge is 2.85. The lowest BCUT2D eigenvalue weighted by atomic mass is 9.73. The standard InChI is InChI=1S/C24H40N4O4/c1-5-9-22(4,18(30)20(32)26-15-7-8-15)27-19(31)16-12-24(14-28(16)17(29)13-25)21(2,3)23(24)10-6-11-23/h15-16,18,30H,5-14,25H2,1-4H3,(H,26,32)(H,27,31). The molecule has 32 heavy (non-hydrogen) atoms. The summed E-state index contributed by atoms with van der Waals surface area (Å²) in [7, 11) is 0. The summed E-state index contributed by atoms with van der Waals surface area (Å²) in [6.07, 6.45) is 5.75. The van der Waals surface area contributed by atoms with E-state index in [0.29, 0.717) is 25.8 Å². The number of nitrogens with one attached hydrogen (secondary N) is 2. The first-order valence-corrected chi connectivity index (χ1v) is 12.3. The summed E-state index contributed by atoms with van der Waals surface area (Å²) in [6.45, 7) is 8.64. The van der Waals surface area contributed by atoms with Gasteiger partial charge in [-0.15, -0.1) is 0 Å². The van der Waals surface area contributed by atoms with Crippen LogP contribution in [0.5, 0.6) is 0 Å². The van der Waals surface area contributed by atoms with Crippen molar-refractivity contribution in [3.05, 3.63) is 0 Å². The molecule has 4 atom stereocenters. The molecule has 1 saturated heterocycles. The van der Waals surface area contributed by atoms with Gasteiger partial charge >= 0.3 is 0 Å². The van der Waals surface area contributed by atoms with Crippen molar-refractivity contribution in [1.29, 1.82) is 0 Å². The average molecular weight is 449 g/mol. The fraction of sp³-hybridized carbons (Fsp3) is 0.875. The van der Waals surface area contributed by atoms with Crippen molar-refractivity contribution < 1.29 is 19.5 Å². The molecule has 4 fully saturated rings. The first kappa shape index (κ1) is 23.5. The Kier molecular flexibility index (Phi) is 5.64. The van der Waals surface area contributed by atoms with Crippen LogP contribution in [0.2, 0.25) is 0 Å².